The molecule has 0 aromatic carbocycles. The quantitative estimate of drug-likeness (QED) is 0.792. The molecule has 0 aromatic heterocycles. The Hall–Kier alpha value is -0.220. The molecule has 1 N–H and O–H groups in total. The van der Waals surface area contributed by atoms with Crippen molar-refractivity contribution in [2.24, 2.45) is 11.8 Å². The van der Waals surface area contributed by atoms with Gasteiger partial charge >= 0.3 is 0 Å². The number of amides is 1. The van der Waals surface area contributed by atoms with Gasteiger partial charge in [-0.2, -0.15) is 11.8 Å². The highest BCUT2D eigenvalue weighted by Crippen LogP contribution is 2.19. The lowest BCUT2D eigenvalue weighted by molar-refractivity contribution is -0.130. The summed E-state index contributed by atoms with van der Waals surface area (Å²) in [5.41, 5.74) is 0. The Bertz CT molecular complexity index is 258. The molecule has 17 heavy (non-hydrogen) atoms. The summed E-state index contributed by atoms with van der Waals surface area (Å²) in [5.74, 6) is 2.57. The van der Waals surface area contributed by atoms with Gasteiger partial charge in [0.05, 0.1) is 12.2 Å². The average Bonchev–Trinajstić information content (AvgIpc) is 2.45. The minimum atomic E-state index is -0.0137. The highest BCUT2D eigenvalue weighted by atomic mass is 32.2. The highest BCUT2D eigenvalue weighted by Gasteiger charge is 2.36. The number of carbonyl (C=O) groups is 1. The zero-order valence-electron chi connectivity index (χ0n) is 11.7. The average molecular weight is 258 g/mol. The summed E-state index contributed by atoms with van der Waals surface area (Å²) in [6.45, 7) is 9.49. The van der Waals surface area contributed by atoms with E-state index in [1.807, 2.05) is 23.6 Å². The van der Waals surface area contributed by atoms with Crippen molar-refractivity contribution in [1.82, 2.24) is 10.2 Å². The van der Waals surface area contributed by atoms with E-state index in [4.69, 9.17) is 0 Å². The second-order valence-corrected chi connectivity index (χ2v) is 6.50. The van der Waals surface area contributed by atoms with Crippen LogP contribution in [0.4, 0.5) is 0 Å². The van der Waals surface area contributed by atoms with Gasteiger partial charge in [-0.3, -0.25) is 10.1 Å². The zero-order chi connectivity index (χ0) is 13.0. The molecule has 1 amide bonds. The van der Waals surface area contributed by atoms with E-state index >= 15 is 0 Å². The Balaban J connectivity index is 2.60. The molecule has 0 radical (unpaired) electrons. The molecule has 4 heteroatoms. The number of rotatable bonds is 6. The summed E-state index contributed by atoms with van der Waals surface area (Å²) < 4.78 is 0. The van der Waals surface area contributed by atoms with Crippen molar-refractivity contribution in [2.45, 2.75) is 46.3 Å². The second kappa shape index (κ2) is 6.64. The molecule has 1 aliphatic heterocycles. The van der Waals surface area contributed by atoms with E-state index in [-0.39, 0.29) is 18.1 Å². The molecule has 0 saturated carbocycles. The van der Waals surface area contributed by atoms with E-state index in [0.717, 1.165) is 18.7 Å². The molecule has 0 bridgehead atoms. The monoisotopic (exact) mass is 258 g/mol. The molecule has 3 atom stereocenters. The molecule has 1 saturated heterocycles. The Labute approximate surface area is 110 Å². The molecule has 0 aromatic rings. The van der Waals surface area contributed by atoms with Crippen molar-refractivity contribution in [3.05, 3.63) is 0 Å². The van der Waals surface area contributed by atoms with Crippen LogP contribution in [0.15, 0.2) is 0 Å². The molecule has 1 rings (SSSR count). The first kappa shape index (κ1) is 14.8. The number of hydrogen-bond acceptors (Lipinski definition) is 3. The number of thioether (sulfide) groups is 1. The third-order valence-corrected chi connectivity index (χ3v) is 4.03. The second-order valence-electron chi connectivity index (χ2n) is 5.58. The Morgan fingerprint density at radius 3 is 2.59 bits per heavy atom. The summed E-state index contributed by atoms with van der Waals surface area (Å²) >= 11 is 1.85. The molecular weight excluding hydrogens is 232 g/mol. The predicted molar refractivity (Wildman–Crippen MR) is 75.1 cm³/mol. The van der Waals surface area contributed by atoms with Crippen LogP contribution >= 0.6 is 11.8 Å². The minimum absolute atomic E-state index is 0.0137. The van der Waals surface area contributed by atoms with Crippen LogP contribution in [0.25, 0.3) is 0 Å². The van der Waals surface area contributed by atoms with Gasteiger partial charge in [0.15, 0.2) is 0 Å². The van der Waals surface area contributed by atoms with Crippen LogP contribution in [-0.2, 0) is 4.79 Å². The van der Waals surface area contributed by atoms with Crippen LogP contribution in [0.1, 0.15) is 34.1 Å². The first-order chi connectivity index (χ1) is 7.95. The molecule has 100 valence electrons. The van der Waals surface area contributed by atoms with Crippen LogP contribution in [0.5, 0.6) is 0 Å². The molecule has 1 aliphatic rings. The van der Waals surface area contributed by atoms with Gasteiger partial charge in [0.25, 0.3) is 0 Å². The van der Waals surface area contributed by atoms with Crippen LogP contribution in [0.3, 0.4) is 0 Å². The summed E-state index contributed by atoms with van der Waals surface area (Å²) in [6, 6.07) is -0.0137. The van der Waals surface area contributed by atoms with Crippen LogP contribution < -0.4 is 5.32 Å². The van der Waals surface area contributed by atoms with Crippen LogP contribution in [0, 0.1) is 11.8 Å². The Morgan fingerprint density at radius 2 is 2.06 bits per heavy atom. The lowest BCUT2D eigenvalue weighted by atomic mass is 10.1. The van der Waals surface area contributed by atoms with Crippen molar-refractivity contribution >= 4 is 17.7 Å². The summed E-state index contributed by atoms with van der Waals surface area (Å²) in [5, 5.41) is 3.40. The number of nitrogens with one attached hydrogen (secondary N) is 1. The van der Waals surface area contributed by atoms with E-state index in [9.17, 15) is 4.79 Å². The number of nitrogens with zero attached hydrogens (tertiary/aromatic N) is 1. The minimum Gasteiger partial charge on any atom is -0.325 e. The number of carbonyl (C=O) groups excluding carboxylic acids is 1. The molecular formula is C13H26N2OS. The van der Waals surface area contributed by atoms with E-state index in [2.05, 4.69) is 32.3 Å². The summed E-state index contributed by atoms with van der Waals surface area (Å²) in [7, 11) is 0. The van der Waals surface area contributed by atoms with Crippen molar-refractivity contribution < 1.29 is 4.79 Å². The topological polar surface area (TPSA) is 32.3 Å². The fourth-order valence-corrected chi connectivity index (χ4v) is 3.06. The Morgan fingerprint density at radius 1 is 1.41 bits per heavy atom. The zero-order valence-corrected chi connectivity index (χ0v) is 12.5. The van der Waals surface area contributed by atoms with E-state index in [1.165, 1.54) is 0 Å². The molecule has 1 fully saturated rings. The first-order valence-corrected chi connectivity index (χ1v) is 7.90. The summed E-state index contributed by atoms with van der Waals surface area (Å²) in [4.78, 5) is 14.1. The molecule has 0 spiro atoms. The smallest absolute Gasteiger partial charge is 0.240 e. The lowest BCUT2D eigenvalue weighted by Gasteiger charge is -2.28. The van der Waals surface area contributed by atoms with Gasteiger partial charge in [-0.15, -0.1) is 0 Å². The van der Waals surface area contributed by atoms with E-state index < -0.39 is 0 Å². The van der Waals surface area contributed by atoms with Crippen molar-refractivity contribution in [3.63, 3.8) is 0 Å². The maximum atomic E-state index is 12.1. The van der Waals surface area contributed by atoms with Gasteiger partial charge < -0.3 is 4.90 Å². The van der Waals surface area contributed by atoms with Gasteiger partial charge in [-0.1, -0.05) is 20.8 Å². The molecule has 3 unspecified atom stereocenters. The number of hydrogen-bond donors (Lipinski definition) is 1. The fourth-order valence-electron chi connectivity index (χ4n) is 2.38. The van der Waals surface area contributed by atoms with Gasteiger partial charge in [-0.25, -0.2) is 0 Å². The standard InChI is InChI=1S/C13H26N2OS/c1-9(2)6-12-14-11(4)13(16)15(12)7-10(3)8-17-5/h9-12,14H,6-8H2,1-5H3. The fraction of sp³-hybridized carbons (Fsp3) is 0.923. The predicted octanol–water partition coefficient (Wildman–Crippen LogP) is 2.18. The van der Waals surface area contributed by atoms with Gasteiger partial charge in [0.1, 0.15) is 0 Å². The first-order valence-electron chi connectivity index (χ1n) is 6.51. The maximum Gasteiger partial charge on any atom is 0.240 e. The van der Waals surface area contributed by atoms with Gasteiger partial charge in [-0.05, 0) is 37.2 Å². The third kappa shape index (κ3) is 4.18. The van der Waals surface area contributed by atoms with E-state index in [0.29, 0.717) is 11.8 Å². The Kier molecular flexibility index (Phi) is 5.80. The molecule has 1 heterocycles. The third-order valence-electron chi connectivity index (χ3n) is 3.13. The van der Waals surface area contributed by atoms with Crippen LogP contribution in [0.2, 0.25) is 0 Å². The SMILES string of the molecule is CSCC(C)CN1C(=O)C(C)NC1CC(C)C. The summed E-state index contributed by atoms with van der Waals surface area (Å²) in [6.07, 6.45) is 3.40. The van der Waals surface area contributed by atoms with Crippen molar-refractivity contribution in [1.29, 1.82) is 0 Å². The van der Waals surface area contributed by atoms with Gasteiger partial charge in [0.2, 0.25) is 5.91 Å². The largest absolute Gasteiger partial charge is 0.325 e. The maximum absolute atomic E-state index is 12.1. The normalized spacial score (nSPS) is 26.9. The molecule has 3 nitrogen and oxygen atoms in total. The van der Waals surface area contributed by atoms with Crippen molar-refractivity contribution in [2.75, 3.05) is 18.6 Å². The molecule has 0 aliphatic carbocycles. The van der Waals surface area contributed by atoms with Crippen molar-refractivity contribution in [3.8, 4) is 0 Å². The lowest BCUT2D eigenvalue weighted by Crippen LogP contribution is -2.41. The van der Waals surface area contributed by atoms with Gasteiger partial charge in [0, 0.05) is 6.54 Å². The van der Waals surface area contributed by atoms with Crippen LogP contribution in [-0.4, -0.2) is 41.6 Å². The highest BCUT2D eigenvalue weighted by molar-refractivity contribution is 7.98. The van der Waals surface area contributed by atoms with E-state index in [1.54, 1.807) is 0 Å².